The minimum atomic E-state index is -0.547. The summed E-state index contributed by atoms with van der Waals surface area (Å²) in [6.07, 6.45) is -0.272. The van der Waals surface area contributed by atoms with Crippen molar-refractivity contribution in [3.63, 3.8) is 0 Å². The number of anilines is 1. The fourth-order valence-electron chi connectivity index (χ4n) is 2.33. The predicted molar refractivity (Wildman–Crippen MR) is 78.6 cm³/mol. The van der Waals surface area contributed by atoms with Gasteiger partial charge < -0.3 is 10.1 Å². The number of carbonyl (C=O) groups excluding carboxylic acids is 1. The van der Waals surface area contributed by atoms with Crippen LogP contribution in [0.1, 0.15) is 33.3 Å². The van der Waals surface area contributed by atoms with Crippen LogP contribution >= 0.6 is 0 Å². The average Bonchev–Trinajstić information content (AvgIpc) is 2.92. The van der Waals surface area contributed by atoms with E-state index in [9.17, 15) is 4.79 Å². The van der Waals surface area contributed by atoms with Crippen LogP contribution in [0.4, 0.5) is 5.69 Å². The molecule has 3 rings (SSSR count). The fourth-order valence-corrected chi connectivity index (χ4v) is 2.33. The number of ether oxygens (including phenoxy) is 1. The maximum absolute atomic E-state index is 11.4. The highest BCUT2D eigenvalue weighted by molar-refractivity contribution is 5.95. The molecule has 1 aliphatic rings. The summed E-state index contributed by atoms with van der Waals surface area (Å²) < 4.78 is 5.85. The lowest BCUT2D eigenvalue weighted by Crippen LogP contribution is -2.18. The Morgan fingerprint density at radius 2 is 2.00 bits per heavy atom. The molecule has 108 valence electrons. The van der Waals surface area contributed by atoms with Crippen LogP contribution in [-0.2, 0) is 0 Å². The van der Waals surface area contributed by atoms with E-state index < -0.39 is 5.91 Å². The van der Waals surface area contributed by atoms with Crippen molar-refractivity contribution < 1.29 is 14.7 Å². The molecule has 2 aromatic rings. The van der Waals surface area contributed by atoms with Gasteiger partial charge in [-0.05, 0) is 43.2 Å². The summed E-state index contributed by atoms with van der Waals surface area (Å²) in [5.74, 6) is 0.141. The molecular formula is C16H16N2O3. The quantitative estimate of drug-likeness (QED) is 0.586. The lowest BCUT2D eigenvalue weighted by Gasteiger charge is -2.13. The van der Waals surface area contributed by atoms with Crippen LogP contribution in [0.2, 0.25) is 0 Å². The number of hydrogen-bond acceptors (Lipinski definition) is 4. The minimum Gasteiger partial charge on any atom is -0.464 e. The van der Waals surface area contributed by atoms with Crippen LogP contribution in [0, 0.1) is 13.8 Å². The van der Waals surface area contributed by atoms with Gasteiger partial charge in [0.15, 0.2) is 6.23 Å². The van der Waals surface area contributed by atoms with Gasteiger partial charge in [-0.1, -0.05) is 18.2 Å². The van der Waals surface area contributed by atoms with Crippen LogP contribution in [-0.4, -0.2) is 11.1 Å². The molecule has 0 radical (unpaired) electrons. The molecule has 0 saturated heterocycles. The third-order valence-electron chi connectivity index (χ3n) is 3.71. The van der Waals surface area contributed by atoms with E-state index in [1.165, 1.54) is 11.1 Å². The number of aryl methyl sites for hydroxylation is 2. The van der Waals surface area contributed by atoms with Crippen LogP contribution in [0.3, 0.4) is 0 Å². The zero-order valence-electron chi connectivity index (χ0n) is 11.8. The summed E-state index contributed by atoms with van der Waals surface area (Å²) in [5.41, 5.74) is 6.19. The molecule has 0 fully saturated rings. The molecule has 2 aromatic carbocycles. The zero-order valence-corrected chi connectivity index (χ0v) is 11.8. The number of benzene rings is 2. The summed E-state index contributed by atoms with van der Waals surface area (Å²) in [7, 11) is 0. The molecule has 0 spiro atoms. The van der Waals surface area contributed by atoms with Crippen molar-refractivity contribution in [1.29, 1.82) is 0 Å². The van der Waals surface area contributed by atoms with Crippen LogP contribution in [0.15, 0.2) is 36.4 Å². The van der Waals surface area contributed by atoms with Gasteiger partial charge >= 0.3 is 0 Å². The molecule has 0 aliphatic carbocycles. The number of rotatable bonds is 2. The first-order valence-corrected chi connectivity index (χ1v) is 6.67. The van der Waals surface area contributed by atoms with Gasteiger partial charge in [0.05, 0.1) is 5.69 Å². The highest BCUT2D eigenvalue weighted by atomic mass is 16.5. The number of hydroxylamine groups is 1. The molecule has 0 aromatic heterocycles. The number of fused-ring (bicyclic) bond motifs is 1. The van der Waals surface area contributed by atoms with Gasteiger partial charge in [-0.3, -0.25) is 10.0 Å². The molecule has 1 amide bonds. The predicted octanol–water partition coefficient (Wildman–Crippen LogP) is 2.93. The van der Waals surface area contributed by atoms with E-state index >= 15 is 0 Å². The van der Waals surface area contributed by atoms with Gasteiger partial charge in [0.25, 0.3) is 5.91 Å². The van der Waals surface area contributed by atoms with E-state index in [2.05, 4.69) is 31.3 Å². The van der Waals surface area contributed by atoms with Crippen molar-refractivity contribution in [3.05, 3.63) is 58.7 Å². The smallest absolute Gasteiger partial charge is 0.274 e. The Bertz CT molecular complexity index is 713. The second kappa shape index (κ2) is 5.10. The van der Waals surface area contributed by atoms with E-state index in [-0.39, 0.29) is 6.23 Å². The number of nitrogens with one attached hydrogen (secondary N) is 2. The molecule has 0 bridgehead atoms. The standard InChI is InChI=1S/C16H16N2O3/c1-9-3-4-12(7-10(9)2)16-17-13-8-11(15(19)18-20)5-6-14(13)21-16/h3-8,16-17,20H,1-2H3,(H,18,19). The lowest BCUT2D eigenvalue weighted by atomic mass is 10.1. The second-order valence-electron chi connectivity index (χ2n) is 5.14. The third-order valence-corrected chi connectivity index (χ3v) is 3.71. The summed E-state index contributed by atoms with van der Waals surface area (Å²) in [5, 5.41) is 11.9. The lowest BCUT2D eigenvalue weighted by molar-refractivity contribution is 0.0706. The average molecular weight is 284 g/mol. The molecule has 5 nitrogen and oxygen atoms in total. The van der Waals surface area contributed by atoms with E-state index in [1.54, 1.807) is 23.7 Å². The second-order valence-corrected chi connectivity index (χ2v) is 5.14. The molecule has 1 atom stereocenters. The third kappa shape index (κ3) is 2.43. The topological polar surface area (TPSA) is 70.6 Å². The summed E-state index contributed by atoms with van der Waals surface area (Å²) in [6.45, 7) is 4.13. The summed E-state index contributed by atoms with van der Waals surface area (Å²) >= 11 is 0. The Labute approximate surface area is 122 Å². The molecule has 5 heteroatoms. The maximum atomic E-state index is 11.4. The van der Waals surface area contributed by atoms with Crippen molar-refractivity contribution in [2.45, 2.75) is 20.1 Å². The number of hydrogen-bond donors (Lipinski definition) is 3. The summed E-state index contributed by atoms with van der Waals surface area (Å²) in [6, 6.07) is 11.1. The Balaban J connectivity index is 1.87. The van der Waals surface area contributed by atoms with Gasteiger partial charge in [-0.25, -0.2) is 5.48 Å². The van der Waals surface area contributed by atoms with Crippen molar-refractivity contribution in [3.8, 4) is 5.75 Å². The van der Waals surface area contributed by atoms with Crippen LogP contribution < -0.4 is 15.5 Å². The normalized spacial score (nSPS) is 15.9. The summed E-state index contributed by atoms with van der Waals surface area (Å²) in [4.78, 5) is 11.4. The van der Waals surface area contributed by atoms with E-state index in [4.69, 9.17) is 9.94 Å². The molecule has 1 unspecified atom stereocenters. The van der Waals surface area contributed by atoms with E-state index in [0.717, 1.165) is 11.3 Å². The molecule has 1 aliphatic heterocycles. The van der Waals surface area contributed by atoms with Gasteiger partial charge in [0, 0.05) is 11.1 Å². The SMILES string of the molecule is Cc1ccc(C2Nc3cc(C(=O)NO)ccc3O2)cc1C. The van der Waals surface area contributed by atoms with Gasteiger partial charge in [0.1, 0.15) is 5.75 Å². The van der Waals surface area contributed by atoms with Gasteiger partial charge in [0.2, 0.25) is 0 Å². The highest BCUT2D eigenvalue weighted by Crippen LogP contribution is 2.38. The van der Waals surface area contributed by atoms with Crippen LogP contribution in [0.5, 0.6) is 5.75 Å². The molecule has 3 N–H and O–H groups in total. The monoisotopic (exact) mass is 284 g/mol. The molecule has 1 heterocycles. The Morgan fingerprint density at radius 3 is 2.71 bits per heavy atom. The van der Waals surface area contributed by atoms with Gasteiger partial charge in [-0.15, -0.1) is 0 Å². The maximum Gasteiger partial charge on any atom is 0.274 e. The highest BCUT2D eigenvalue weighted by Gasteiger charge is 2.24. The Hall–Kier alpha value is -2.53. The Kier molecular flexibility index (Phi) is 3.27. The fraction of sp³-hybridized carbons (Fsp3) is 0.188. The van der Waals surface area contributed by atoms with Crippen molar-refractivity contribution in [2.75, 3.05) is 5.32 Å². The van der Waals surface area contributed by atoms with E-state index in [0.29, 0.717) is 11.3 Å². The number of carbonyl (C=O) groups is 1. The molecule has 21 heavy (non-hydrogen) atoms. The first kappa shape index (κ1) is 13.5. The zero-order chi connectivity index (χ0) is 15.0. The van der Waals surface area contributed by atoms with Crippen molar-refractivity contribution in [2.24, 2.45) is 0 Å². The first-order chi connectivity index (χ1) is 10.1. The van der Waals surface area contributed by atoms with Crippen molar-refractivity contribution in [1.82, 2.24) is 5.48 Å². The molecule has 0 saturated carbocycles. The number of amides is 1. The van der Waals surface area contributed by atoms with Crippen LogP contribution in [0.25, 0.3) is 0 Å². The van der Waals surface area contributed by atoms with E-state index in [1.807, 2.05) is 6.07 Å². The Morgan fingerprint density at radius 1 is 1.19 bits per heavy atom. The van der Waals surface area contributed by atoms with Gasteiger partial charge in [-0.2, -0.15) is 0 Å². The largest absolute Gasteiger partial charge is 0.464 e. The van der Waals surface area contributed by atoms with Crippen molar-refractivity contribution >= 4 is 11.6 Å². The first-order valence-electron chi connectivity index (χ1n) is 6.67. The molecular weight excluding hydrogens is 268 g/mol. The minimum absolute atomic E-state index is 0.272.